The maximum Gasteiger partial charge on any atom is 0.352 e. The molecular weight excluding hydrogens is 410 g/mol. The van der Waals surface area contributed by atoms with Gasteiger partial charge in [-0.1, -0.05) is 12.1 Å². The number of carboxylic acid groups (broad SMARTS) is 2. The molecule has 0 aromatic heterocycles. The van der Waals surface area contributed by atoms with Crippen LogP contribution in [-0.4, -0.2) is 57.5 Å². The third-order valence-electron chi connectivity index (χ3n) is 3.84. The smallest absolute Gasteiger partial charge is 0.352 e. The van der Waals surface area contributed by atoms with Gasteiger partial charge in [-0.3, -0.25) is 4.79 Å². The van der Waals surface area contributed by atoms with Gasteiger partial charge in [0.25, 0.3) is 0 Å². The minimum absolute atomic E-state index is 0.0121. The van der Waals surface area contributed by atoms with Gasteiger partial charge in [0.15, 0.2) is 5.78 Å². The highest BCUT2D eigenvalue weighted by atomic mass is 16.5. The van der Waals surface area contributed by atoms with Crippen LogP contribution in [0.2, 0.25) is 0 Å². The number of aromatic hydroxyl groups is 1. The Hall–Kier alpha value is -4.05. The van der Waals surface area contributed by atoms with Gasteiger partial charge < -0.3 is 35.2 Å². The van der Waals surface area contributed by atoms with Crippen molar-refractivity contribution in [2.24, 2.45) is 0 Å². The first kappa shape index (κ1) is 23.2. The minimum atomic E-state index is -1.45. The Balaban J connectivity index is 1.96. The van der Waals surface area contributed by atoms with E-state index in [1.165, 1.54) is 37.3 Å². The molecule has 31 heavy (non-hydrogen) atoms. The van der Waals surface area contributed by atoms with Crippen molar-refractivity contribution < 1.29 is 44.3 Å². The van der Waals surface area contributed by atoms with Gasteiger partial charge in [-0.25, -0.2) is 9.59 Å². The number of aliphatic hydroxyl groups is 1. The zero-order valence-corrected chi connectivity index (χ0v) is 16.4. The molecule has 1 unspecified atom stereocenters. The van der Waals surface area contributed by atoms with Crippen LogP contribution in [0.4, 0.5) is 5.69 Å². The first-order valence-electron chi connectivity index (χ1n) is 8.99. The minimum Gasteiger partial charge on any atom is -0.507 e. The summed E-state index contributed by atoms with van der Waals surface area (Å²) < 4.78 is 10.9. The highest BCUT2D eigenvalue weighted by Crippen LogP contribution is 2.28. The number of anilines is 1. The lowest BCUT2D eigenvalue weighted by atomic mass is 10.1. The lowest BCUT2D eigenvalue weighted by Crippen LogP contribution is -2.25. The second-order valence-electron chi connectivity index (χ2n) is 6.34. The van der Waals surface area contributed by atoms with Crippen molar-refractivity contribution in [3.05, 3.63) is 59.8 Å². The van der Waals surface area contributed by atoms with Crippen molar-refractivity contribution in [1.29, 1.82) is 0 Å². The van der Waals surface area contributed by atoms with Crippen molar-refractivity contribution in [2.45, 2.75) is 13.0 Å². The lowest BCUT2D eigenvalue weighted by molar-refractivity contribution is -0.134. The summed E-state index contributed by atoms with van der Waals surface area (Å²) in [5.74, 6) is -3.06. The third kappa shape index (κ3) is 7.05. The van der Waals surface area contributed by atoms with E-state index in [-0.39, 0.29) is 47.5 Å². The number of aliphatic carboxylic acids is 2. The summed E-state index contributed by atoms with van der Waals surface area (Å²) in [7, 11) is 0. The van der Waals surface area contributed by atoms with Crippen molar-refractivity contribution in [2.75, 3.05) is 18.5 Å². The number of ether oxygens (including phenoxy) is 2. The highest BCUT2D eigenvalue weighted by molar-refractivity contribution is 5.99. The molecule has 10 heteroatoms. The normalized spacial score (nSPS) is 12.0. The highest BCUT2D eigenvalue weighted by Gasteiger charge is 2.16. The van der Waals surface area contributed by atoms with E-state index in [1.807, 2.05) is 0 Å². The number of phenols is 1. The molecule has 5 N–H and O–H groups in total. The SMILES string of the molecule is CC(=O)c1c(O)cccc1OCC(O)COc1cccc(N/C(=C\C(=O)O)C(=O)O)c1. The molecule has 1 atom stereocenters. The maximum absolute atomic E-state index is 11.6. The van der Waals surface area contributed by atoms with Gasteiger partial charge in [0.2, 0.25) is 0 Å². The molecule has 0 radical (unpaired) electrons. The molecule has 2 aromatic carbocycles. The molecular formula is C21H21NO9. The van der Waals surface area contributed by atoms with Gasteiger partial charge in [0, 0.05) is 11.8 Å². The zero-order valence-electron chi connectivity index (χ0n) is 16.4. The van der Waals surface area contributed by atoms with Crippen LogP contribution < -0.4 is 14.8 Å². The van der Waals surface area contributed by atoms with Crippen LogP contribution in [-0.2, 0) is 9.59 Å². The maximum atomic E-state index is 11.6. The summed E-state index contributed by atoms with van der Waals surface area (Å²) in [6.07, 6.45) is -0.562. The number of aliphatic hydroxyl groups excluding tert-OH is 1. The van der Waals surface area contributed by atoms with Crippen LogP contribution in [0.1, 0.15) is 17.3 Å². The first-order chi connectivity index (χ1) is 14.7. The van der Waals surface area contributed by atoms with Gasteiger partial charge in [0.05, 0.1) is 6.08 Å². The molecule has 2 rings (SSSR count). The fourth-order valence-electron chi connectivity index (χ4n) is 2.51. The van der Waals surface area contributed by atoms with Crippen LogP contribution >= 0.6 is 0 Å². The van der Waals surface area contributed by atoms with Crippen molar-refractivity contribution >= 4 is 23.4 Å². The Kier molecular flexibility index (Phi) is 7.98. The number of carbonyl (C=O) groups is 3. The van der Waals surface area contributed by atoms with E-state index in [0.717, 1.165) is 0 Å². The number of rotatable bonds is 11. The monoisotopic (exact) mass is 431 g/mol. The Bertz CT molecular complexity index is 1000. The first-order valence-corrected chi connectivity index (χ1v) is 8.99. The van der Waals surface area contributed by atoms with Gasteiger partial charge in [-0.15, -0.1) is 0 Å². The van der Waals surface area contributed by atoms with Crippen molar-refractivity contribution in [3.63, 3.8) is 0 Å². The molecule has 0 amide bonds. The second-order valence-corrected chi connectivity index (χ2v) is 6.34. The quantitative estimate of drug-likeness (QED) is 0.262. The summed E-state index contributed by atoms with van der Waals surface area (Å²) >= 11 is 0. The molecule has 164 valence electrons. The number of hydrogen-bond donors (Lipinski definition) is 5. The molecule has 0 saturated heterocycles. The lowest BCUT2D eigenvalue weighted by Gasteiger charge is -2.16. The second kappa shape index (κ2) is 10.6. The average molecular weight is 431 g/mol. The molecule has 0 fully saturated rings. The fourth-order valence-corrected chi connectivity index (χ4v) is 2.51. The van der Waals surface area contributed by atoms with E-state index in [0.29, 0.717) is 6.08 Å². The zero-order chi connectivity index (χ0) is 23.0. The van der Waals surface area contributed by atoms with E-state index in [9.17, 15) is 24.6 Å². The van der Waals surface area contributed by atoms with Crippen molar-refractivity contribution in [3.8, 4) is 17.2 Å². The number of carbonyl (C=O) groups excluding carboxylic acids is 1. The summed E-state index contributed by atoms with van der Waals surface area (Å²) in [5, 5.41) is 40.1. The average Bonchev–Trinajstić information content (AvgIpc) is 2.69. The summed E-state index contributed by atoms with van der Waals surface area (Å²) in [6, 6.07) is 10.4. The van der Waals surface area contributed by atoms with E-state index in [4.69, 9.17) is 19.7 Å². The van der Waals surface area contributed by atoms with Crippen LogP contribution in [0.25, 0.3) is 0 Å². The molecule has 0 aliphatic heterocycles. The molecule has 0 aliphatic rings. The Labute approximate surface area is 177 Å². The number of ketones is 1. The van der Waals surface area contributed by atoms with E-state index < -0.39 is 23.7 Å². The predicted octanol–water partition coefficient (Wildman–Crippen LogP) is 1.88. The number of hydrogen-bond acceptors (Lipinski definition) is 8. The Morgan fingerprint density at radius 2 is 1.74 bits per heavy atom. The number of benzene rings is 2. The third-order valence-corrected chi connectivity index (χ3v) is 3.84. The van der Waals surface area contributed by atoms with E-state index >= 15 is 0 Å². The van der Waals surface area contributed by atoms with Gasteiger partial charge in [-0.2, -0.15) is 0 Å². The molecule has 0 saturated carbocycles. The molecule has 0 spiro atoms. The number of Topliss-reactive ketones (excluding diaryl/α,β-unsaturated/α-hetero) is 1. The largest absolute Gasteiger partial charge is 0.507 e. The molecule has 0 heterocycles. The fraction of sp³-hybridized carbons (Fsp3) is 0.190. The van der Waals surface area contributed by atoms with Crippen molar-refractivity contribution in [1.82, 2.24) is 0 Å². The summed E-state index contributed by atoms with van der Waals surface area (Å²) in [5.41, 5.74) is -0.257. The molecule has 0 aliphatic carbocycles. The van der Waals surface area contributed by atoms with Crippen LogP contribution in [0.3, 0.4) is 0 Å². The van der Waals surface area contributed by atoms with E-state index in [1.54, 1.807) is 12.1 Å². The molecule has 10 nitrogen and oxygen atoms in total. The predicted molar refractivity (Wildman–Crippen MR) is 109 cm³/mol. The number of nitrogens with one attached hydrogen (secondary N) is 1. The van der Waals surface area contributed by atoms with Gasteiger partial charge >= 0.3 is 11.9 Å². The molecule has 0 bridgehead atoms. The van der Waals surface area contributed by atoms with E-state index in [2.05, 4.69) is 5.32 Å². The molecule has 2 aromatic rings. The Morgan fingerprint density at radius 3 is 2.39 bits per heavy atom. The van der Waals surface area contributed by atoms with Crippen LogP contribution in [0.5, 0.6) is 17.2 Å². The number of phenolic OH excluding ortho intramolecular Hbond substituents is 1. The van der Waals surface area contributed by atoms with Crippen LogP contribution in [0.15, 0.2) is 54.2 Å². The topological polar surface area (TPSA) is 163 Å². The van der Waals surface area contributed by atoms with Gasteiger partial charge in [0.1, 0.15) is 47.8 Å². The summed E-state index contributed by atoms with van der Waals surface area (Å²) in [4.78, 5) is 33.5. The summed E-state index contributed by atoms with van der Waals surface area (Å²) in [6.45, 7) is 0.879. The Morgan fingerprint density at radius 1 is 1.06 bits per heavy atom. The standard InChI is InChI=1S/C21H21NO9/c1-12(23)20-17(25)6-3-7-18(20)31-11-14(24)10-30-15-5-2-4-13(8-15)22-16(21(28)29)9-19(26)27/h2-9,14,22,24-25H,10-11H2,1H3,(H,26,27)(H,28,29)/b16-9-. The van der Waals surface area contributed by atoms with Crippen LogP contribution in [0, 0.1) is 0 Å². The van der Waals surface area contributed by atoms with Gasteiger partial charge in [-0.05, 0) is 31.2 Å². The number of carboxylic acids is 2.